The lowest BCUT2D eigenvalue weighted by atomic mass is 10.0. The lowest BCUT2D eigenvalue weighted by molar-refractivity contribution is -0.106. The second-order valence-electron chi connectivity index (χ2n) is 9.29. The molecule has 4 amide bonds. The number of halogens is 1. The Kier molecular flexibility index (Phi) is 8.94. The lowest BCUT2D eigenvalue weighted by Crippen LogP contribution is -2.23. The van der Waals surface area contributed by atoms with Crippen molar-refractivity contribution in [1.82, 2.24) is 20.4 Å². The summed E-state index contributed by atoms with van der Waals surface area (Å²) in [5, 5.41) is 5.53. The third-order valence-corrected chi connectivity index (χ3v) is 8.31. The minimum absolute atomic E-state index is 0.0921. The zero-order chi connectivity index (χ0) is 29.8. The molecule has 0 aliphatic heterocycles. The van der Waals surface area contributed by atoms with Gasteiger partial charge in [0.2, 0.25) is 6.41 Å². The van der Waals surface area contributed by atoms with E-state index in [1.54, 1.807) is 38.7 Å². The number of aromatic amines is 2. The highest BCUT2D eigenvalue weighted by molar-refractivity contribution is 7.99. The van der Waals surface area contributed by atoms with Gasteiger partial charge in [-0.1, -0.05) is 12.1 Å². The molecular weight excluding hydrogens is 566 g/mol. The number of hydrogen-bond acceptors (Lipinski definition) is 5. The van der Waals surface area contributed by atoms with Gasteiger partial charge in [0.15, 0.2) is 0 Å². The molecule has 0 spiro atoms. The summed E-state index contributed by atoms with van der Waals surface area (Å²) in [6, 6.07) is 6.01. The molecule has 3 heterocycles. The fraction of sp³-hybridized carbons (Fsp3) is 0.214. The van der Waals surface area contributed by atoms with Crippen molar-refractivity contribution in [1.29, 1.82) is 0 Å². The molecule has 41 heavy (non-hydrogen) atoms. The van der Waals surface area contributed by atoms with Gasteiger partial charge in [-0.05, 0) is 50.5 Å². The quantitative estimate of drug-likeness (QED) is 0.0934. The Bertz CT molecular complexity index is 1650. The number of nitrogens with zero attached hydrogens (tertiary/aromatic N) is 1. The lowest BCUT2D eigenvalue weighted by Gasteiger charge is -2.10. The number of rotatable bonds is 11. The summed E-state index contributed by atoms with van der Waals surface area (Å²) in [6.07, 6.45) is 5.13. The number of aryl methyl sites for hydroxylation is 1. The third-order valence-electron chi connectivity index (χ3n) is 6.72. The molecule has 213 valence electrons. The van der Waals surface area contributed by atoms with Crippen LogP contribution in [-0.4, -0.2) is 50.4 Å². The standard InChI is InChI=1S/C28H29ClN7O4S/c1-14-9-18(5-6-22(14)41-8-7-29)19-12-36(33-13-37)25(15(19)2)28(40)35-21-11-32-24(17(21)4)27(39)34-20-10-31-23(16(20)3)26(30)38/h5-6,9-13,30-32H,7-8H2,1-4H3,(H,33,37)(H,34,39)(H,35,40). The number of benzene rings is 1. The molecule has 0 saturated carbocycles. The zero-order valence-electron chi connectivity index (χ0n) is 22.8. The van der Waals surface area contributed by atoms with Gasteiger partial charge in [0.1, 0.15) is 17.1 Å². The van der Waals surface area contributed by atoms with Crippen molar-refractivity contribution in [2.75, 3.05) is 27.7 Å². The van der Waals surface area contributed by atoms with Gasteiger partial charge < -0.3 is 20.6 Å². The first kappa shape index (κ1) is 29.6. The van der Waals surface area contributed by atoms with Crippen molar-refractivity contribution in [3.63, 3.8) is 0 Å². The normalized spacial score (nSPS) is 10.9. The molecule has 0 aliphatic rings. The second kappa shape index (κ2) is 12.4. The summed E-state index contributed by atoms with van der Waals surface area (Å²) in [5.74, 6) is -0.500. The second-order valence-corrected chi connectivity index (χ2v) is 10.8. The predicted molar refractivity (Wildman–Crippen MR) is 161 cm³/mol. The van der Waals surface area contributed by atoms with Gasteiger partial charge in [-0.15, -0.1) is 23.4 Å². The molecule has 6 N–H and O–H groups in total. The van der Waals surface area contributed by atoms with E-state index in [4.69, 9.17) is 17.3 Å². The maximum absolute atomic E-state index is 13.5. The van der Waals surface area contributed by atoms with Gasteiger partial charge in [-0.2, -0.15) is 0 Å². The largest absolute Gasteiger partial charge is 0.355 e. The van der Waals surface area contributed by atoms with Gasteiger partial charge in [0, 0.05) is 51.8 Å². The number of nitrogens with one attached hydrogen (secondary N) is 6. The Morgan fingerprint density at radius 1 is 0.976 bits per heavy atom. The van der Waals surface area contributed by atoms with Crippen LogP contribution < -0.4 is 21.8 Å². The highest BCUT2D eigenvalue weighted by Crippen LogP contribution is 2.32. The molecule has 0 unspecified atom stereocenters. The molecule has 0 fully saturated rings. The van der Waals surface area contributed by atoms with Gasteiger partial charge in [-0.3, -0.25) is 35.0 Å². The van der Waals surface area contributed by atoms with E-state index in [2.05, 4.69) is 26.0 Å². The van der Waals surface area contributed by atoms with Gasteiger partial charge >= 0.3 is 0 Å². The van der Waals surface area contributed by atoms with E-state index in [0.717, 1.165) is 27.3 Å². The molecule has 1 aromatic carbocycles. The van der Waals surface area contributed by atoms with Crippen LogP contribution in [0.15, 0.2) is 41.7 Å². The van der Waals surface area contributed by atoms with Crippen LogP contribution >= 0.6 is 23.4 Å². The fourth-order valence-electron chi connectivity index (χ4n) is 4.54. The van der Waals surface area contributed by atoms with Crippen molar-refractivity contribution in [2.24, 2.45) is 0 Å². The summed E-state index contributed by atoms with van der Waals surface area (Å²) in [6.45, 7) is 7.11. The Morgan fingerprint density at radius 2 is 1.61 bits per heavy atom. The van der Waals surface area contributed by atoms with Gasteiger partial charge in [0.05, 0.1) is 11.4 Å². The van der Waals surface area contributed by atoms with Crippen LogP contribution in [0.1, 0.15) is 53.7 Å². The molecule has 3 aromatic heterocycles. The molecular formula is C28H29ClN7O4S. The number of hydrogen-bond donors (Lipinski definition) is 5. The Morgan fingerprint density at radius 3 is 2.20 bits per heavy atom. The van der Waals surface area contributed by atoms with E-state index in [1.807, 2.05) is 25.1 Å². The van der Waals surface area contributed by atoms with Crippen molar-refractivity contribution >= 4 is 58.9 Å². The van der Waals surface area contributed by atoms with E-state index in [-0.39, 0.29) is 17.1 Å². The summed E-state index contributed by atoms with van der Waals surface area (Å²) in [4.78, 5) is 55.8. The van der Waals surface area contributed by atoms with Crippen molar-refractivity contribution in [3.8, 4) is 11.1 Å². The van der Waals surface area contributed by atoms with E-state index >= 15 is 0 Å². The molecule has 0 atom stereocenters. The first-order chi connectivity index (χ1) is 19.6. The van der Waals surface area contributed by atoms with Crippen molar-refractivity contribution < 1.29 is 19.2 Å². The average molecular weight is 595 g/mol. The number of alkyl halides is 1. The predicted octanol–water partition coefficient (Wildman–Crippen LogP) is 5.00. The number of carbonyl (C=O) groups excluding carboxylic acids is 4. The van der Waals surface area contributed by atoms with Crippen LogP contribution in [-0.2, 0) is 4.79 Å². The summed E-state index contributed by atoms with van der Waals surface area (Å²) in [5.41, 5.74) is 15.4. The number of anilines is 2. The molecule has 4 aromatic rings. The topological polar surface area (TPSA) is 165 Å². The van der Waals surface area contributed by atoms with E-state index in [0.29, 0.717) is 40.4 Å². The van der Waals surface area contributed by atoms with E-state index in [1.165, 1.54) is 17.1 Å². The summed E-state index contributed by atoms with van der Waals surface area (Å²) >= 11 is 7.50. The average Bonchev–Trinajstić information content (AvgIpc) is 3.58. The minimum atomic E-state index is -0.885. The Labute approximate surface area is 245 Å². The summed E-state index contributed by atoms with van der Waals surface area (Å²) in [7, 11) is 0. The smallest absolute Gasteiger partial charge is 0.286 e. The number of H-pyrrole nitrogens is 2. The minimum Gasteiger partial charge on any atom is -0.355 e. The molecule has 13 heteroatoms. The van der Waals surface area contributed by atoms with Gasteiger partial charge in [0.25, 0.3) is 17.7 Å². The van der Waals surface area contributed by atoms with Crippen LogP contribution in [0.25, 0.3) is 11.1 Å². The number of thioether (sulfide) groups is 1. The van der Waals surface area contributed by atoms with E-state index < -0.39 is 17.7 Å². The zero-order valence-corrected chi connectivity index (χ0v) is 24.4. The fourth-order valence-corrected chi connectivity index (χ4v) is 5.52. The number of amides is 4. The first-order valence-electron chi connectivity index (χ1n) is 12.5. The monoisotopic (exact) mass is 594 g/mol. The SMILES string of the molecule is Cc1cc(-c2cn(NC=O)c(C(=O)Nc3c[nH]c(C(=O)Nc4c[nH]c(C([NH])=O)c4C)c3C)c2C)ccc1SCCCl. The Balaban J connectivity index is 1.58. The van der Waals surface area contributed by atoms with E-state index in [9.17, 15) is 19.2 Å². The van der Waals surface area contributed by atoms with Crippen LogP contribution in [0.5, 0.6) is 0 Å². The molecule has 4 rings (SSSR count). The van der Waals surface area contributed by atoms with Crippen LogP contribution in [0.4, 0.5) is 11.4 Å². The molecule has 0 bridgehead atoms. The number of carbonyl (C=O) groups is 4. The third kappa shape index (κ3) is 6.03. The molecule has 1 radical (unpaired) electrons. The molecule has 0 saturated heterocycles. The highest BCUT2D eigenvalue weighted by Gasteiger charge is 2.23. The number of aromatic nitrogens is 3. The summed E-state index contributed by atoms with van der Waals surface area (Å²) < 4.78 is 1.37. The maximum Gasteiger partial charge on any atom is 0.286 e. The van der Waals surface area contributed by atoms with Crippen LogP contribution in [0, 0.1) is 27.7 Å². The van der Waals surface area contributed by atoms with Crippen LogP contribution in [0.2, 0.25) is 0 Å². The van der Waals surface area contributed by atoms with Crippen molar-refractivity contribution in [3.05, 3.63) is 76.1 Å². The van der Waals surface area contributed by atoms with Gasteiger partial charge in [-0.25, -0.2) is 0 Å². The van der Waals surface area contributed by atoms with Crippen LogP contribution in [0.3, 0.4) is 0 Å². The first-order valence-corrected chi connectivity index (χ1v) is 14.1. The Hall–Kier alpha value is -4.42. The highest BCUT2D eigenvalue weighted by atomic mass is 35.5. The molecule has 0 aliphatic carbocycles. The molecule has 11 nitrogen and oxygen atoms in total. The maximum atomic E-state index is 13.5. The van der Waals surface area contributed by atoms with Crippen molar-refractivity contribution in [2.45, 2.75) is 32.6 Å².